The number of hydrogen-bond acceptors (Lipinski definition) is 2. The Balaban J connectivity index is 1.84. The maximum Gasteiger partial charge on any atom is 0.122 e. The van der Waals surface area contributed by atoms with Gasteiger partial charge in [-0.3, -0.25) is 0 Å². The molecule has 110 valence electrons. The van der Waals surface area contributed by atoms with Crippen LogP contribution >= 0.6 is 15.9 Å². The third-order valence-electron chi connectivity index (χ3n) is 4.53. The number of nitrogens with two attached hydrogens (primary N) is 1. The van der Waals surface area contributed by atoms with Gasteiger partial charge in [0.25, 0.3) is 0 Å². The zero-order chi connectivity index (χ0) is 14.9. The molecule has 1 unspecified atom stereocenters. The maximum absolute atomic E-state index is 6.58. The van der Waals surface area contributed by atoms with Crippen molar-refractivity contribution in [1.29, 1.82) is 0 Å². The van der Waals surface area contributed by atoms with Gasteiger partial charge in [0.05, 0.1) is 7.11 Å². The Hall–Kier alpha value is -1.32. The van der Waals surface area contributed by atoms with Crippen molar-refractivity contribution in [2.24, 2.45) is 5.73 Å². The molecule has 0 bridgehead atoms. The molecule has 0 spiro atoms. The third-order valence-corrected chi connectivity index (χ3v) is 5.02. The molecule has 1 aliphatic rings. The third kappa shape index (κ3) is 2.85. The Kier molecular flexibility index (Phi) is 4.05. The summed E-state index contributed by atoms with van der Waals surface area (Å²) in [6.45, 7) is 0. The zero-order valence-electron chi connectivity index (χ0n) is 12.2. The average Bonchev–Trinajstić information content (AvgIpc) is 3.30. The molecular weight excluding hydrogens is 326 g/mol. The van der Waals surface area contributed by atoms with Crippen molar-refractivity contribution in [3.63, 3.8) is 0 Å². The molecule has 0 aromatic heterocycles. The highest BCUT2D eigenvalue weighted by molar-refractivity contribution is 9.10. The van der Waals surface area contributed by atoms with E-state index < -0.39 is 0 Å². The summed E-state index contributed by atoms with van der Waals surface area (Å²) >= 11 is 3.53. The molecule has 0 aliphatic heterocycles. The van der Waals surface area contributed by atoms with Crippen molar-refractivity contribution in [3.05, 3.63) is 64.1 Å². The number of hydrogen-bond donors (Lipinski definition) is 1. The first-order valence-corrected chi connectivity index (χ1v) is 8.08. The Morgan fingerprint density at radius 2 is 1.90 bits per heavy atom. The summed E-state index contributed by atoms with van der Waals surface area (Å²) in [7, 11) is 1.71. The van der Waals surface area contributed by atoms with Crippen LogP contribution in [0.4, 0.5) is 0 Å². The van der Waals surface area contributed by atoms with Gasteiger partial charge in [-0.05, 0) is 48.6 Å². The van der Waals surface area contributed by atoms with Gasteiger partial charge in [0.1, 0.15) is 5.75 Å². The second-order valence-electron chi connectivity index (χ2n) is 5.79. The van der Waals surface area contributed by atoms with Crippen LogP contribution in [-0.2, 0) is 11.8 Å². The van der Waals surface area contributed by atoms with Gasteiger partial charge in [-0.2, -0.15) is 0 Å². The summed E-state index contributed by atoms with van der Waals surface area (Å²) in [5.74, 6) is 0.914. The number of rotatable bonds is 5. The van der Waals surface area contributed by atoms with Crippen LogP contribution in [0.2, 0.25) is 0 Å². The minimum absolute atomic E-state index is 0.114. The van der Waals surface area contributed by atoms with Gasteiger partial charge in [-0.25, -0.2) is 0 Å². The highest BCUT2D eigenvalue weighted by atomic mass is 79.9. The summed E-state index contributed by atoms with van der Waals surface area (Å²) < 4.78 is 6.53. The van der Waals surface area contributed by atoms with Crippen LogP contribution in [0.3, 0.4) is 0 Å². The smallest absolute Gasteiger partial charge is 0.122 e. The molecule has 0 radical (unpaired) electrons. The molecule has 1 fully saturated rings. The summed E-state index contributed by atoms with van der Waals surface area (Å²) in [4.78, 5) is 0. The Morgan fingerprint density at radius 3 is 2.52 bits per heavy atom. The zero-order valence-corrected chi connectivity index (χ0v) is 13.8. The quantitative estimate of drug-likeness (QED) is 0.886. The Labute approximate surface area is 134 Å². The van der Waals surface area contributed by atoms with Crippen molar-refractivity contribution in [3.8, 4) is 5.75 Å². The van der Waals surface area contributed by atoms with Crippen LogP contribution < -0.4 is 10.5 Å². The van der Waals surface area contributed by atoms with Gasteiger partial charge >= 0.3 is 0 Å². The fourth-order valence-electron chi connectivity index (χ4n) is 3.12. The predicted octanol–water partition coefficient (Wildman–Crippen LogP) is 4.06. The van der Waals surface area contributed by atoms with Gasteiger partial charge < -0.3 is 10.5 Å². The van der Waals surface area contributed by atoms with E-state index in [4.69, 9.17) is 10.5 Å². The van der Waals surface area contributed by atoms with Gasteiger partial charge in [-0.15, -0.1) is 0 Å². The molecule has 2 N–H and O–H groups in total. The summed E-state index contributed by atoms with van der Waals surface area (Å²) in [5, 5.41) is 0. The van der Waals surface area contributed by atoms with Crippen LogP contribution in [-0.4, -0.2) is 13.2 Å². The van der Waals surface area contributed by atoms with Crippen molar-refractivity contribution in [1.82, 2.24) is 0 Å². The largest absolute Gasteiger partial charge is 0.496 e. The van der Waals surface area contributed by atoms with Gasteiger partial charge in [-0.1, -0.05) is 46.3 Å². The number of halogens is 1. The van der Waals surface area contributed by atoms with Crippen LogP contribution in [0, 0.1) is 0 Å². The average molecular weight is 346 g/mol. The molecule has 2 nitrogen and oxygen atoms in total. The van der Waals surface area contributed by atoms with E-state index in [0.717, 1.165) is 16.6 Å². The fraction of sp³-hybridized carbons (Fsp3) is 0.333. The molecule has 21 heavy (non-hydrogen) atoms. The summed E-state index contributed by atoms with van der Waals surface area (Å²) in [6, 6.07) is 16.9. The number of ether oxygens (including phenoxy) is 1. The minimum Gasteiger partial charge on any atom is -0.496 e. The molecule has 2 aromatic rings. The molecule has 1 aliphatic carbocycles. The second kappa shape index (κ2) is 5.82. The van der Waals surface area contributed by atoms with E-state index >= 15 is 0 Å². The molecule has 0 saturated heterocycles. The van der Waals surface area contributed by atoms with Crippen LogP contribution in [0.5, 0.6) is 5.75 Å². The lowest BCUT2D eigenvalue weighted by Crippen LogP contribution is -2.36. The van der Waals surface area contributed by atoms with Crippen molar-refractivity contribution >= 4 is 15.9 Å². The Morgan fingerprint density at radius 1 is 1.19 bits per heavy atom. The maximum atomic E-state index is 6.58. The molecule has 1 atom stereocenters. The molecule has 0 amide bonds. The molecule has 2 aromatic carbocycles. The normalized spacial score (nSPS) is 17.3. The van der Waals surface area contributed by atoms with Gasteiger partial charge in [0.2, 0.25) is 0 Å². The minimum atomic E-state index is 0.114. The first-order chi connectivity index (χ1) is 10.2. The van der Waals surface area contributed by atoms with Crippen LogP contribution in [0.25, 0.3) is 0 Å². The van der Waals surface area contributed by atoms with Crippen LogP contribution in [0.1, 0.15) is 24.0 Å². The SMILES string of the molecule is COc1ccc(Br)cc1CC(N)C1(c2ccccc2)CC1. The van der Waals surface area contributed by atoms with E-state index in [1.807, 2.05) is 12.1 Å². The Bertz CT molecular complexity index is 622. The van der Waals surface area contributed by atoms with E-state index in [-0.39, 0.29) is 11.5 Å². The monoisotopic (exact) mass is 345 g/mol. The lowest BCUT2D eigenvalue weighted by Gasteiger charge is -2.25. The standard InChI is InChI=1S/C18H20BrNO/c1-21-16-8-7-15(19)11-13(16)12-17(20)18(9-10-18)14-5-3-2-4-6-14/h2-8,11,17H,9-10,12,20H2,1H3. The van der Waals surface area contributed by atoms with E-state index in [9.17, 15) is 0 Å². The van der Waals surface area contributed by atoms with Crippen molar-refractivity contribution < 1.29 is 4.74 Å². The fourth-order valence-corrected chi connectivity index (χ4v) is 3.53. The first kappa shape index (κ1) is 14.6. The molecular formula is C18H20BrNO. The highest BCUT2D eigenvalue weighted by Gasteiger charge is 2.49. The number of methoxy groups -OCH3 is 1. The lowest BCUT2D eigenvalue weighted by molar-refractivity contribution is 0.404. The van der Waals surface area contributed by atoms with Crippen LogP contribution in [0.15, 0.2) is 53.0 Å². The van der Waals surface area contributed by atoms with E-state index in [1.54, 1.807) is 7.11 Å². The second-order valence-corrected chi connectivity index (χ2v) is 6.70. The first-order valence-electron chi connectivity index (χ1n) is 7.29. The van der Waals surface area contributed by atoms with E-state index in [0.29, 0.717) is 0 Å². The lowest BCUT2D eigenvalue weighted by atomic mass is 9.85. The molecule has 3 rings (SSSR count). The highest BCUT2D eigenvalue weighted by Crippen LogP contribution is 2.51. The van der Waals surface area contributed by atoms with Gasteiger partial charge in [0.15, 0.2) is 0 Å². The molecule has 3 heteroatoms. The van der Waals surface area contributed by atoms with Gasteiger partial charge in [0, 0.05) is 15.9 Å². The van der Waals surface area contributed by atoms with Crippen molar-refractivity contribution in [2.45, 2.75) is 30.7 Å². The van der Waals surface area contributed by atoms with E-state index in [2.05, 4.69) is 52.3 Å². The summed E-state index contributed by atoms with van der Waals surface area (Å²) in [6.07, 6.45) is 3.18. The molecule has 0 heterocycles. The van der Waals surface area contributed by atoms with E-state index in [1.165, 1.54) is 24.0 Å². The topological polar surface area (TPSA) is 35.2 Å². The number of benzene rings is 2. The molecule has 1 saturated carbocycles. The predicted molar refractivity (Wildman–Crippen MR) is 89.7 cm³/mol. The van der Waals surface area contributed by atoms with Crippen molar-refractivity contribution in [2.75, 3.05) is 7.11 Å². The summed E-state index contributed by atoms with van der Waals surface area (Å²) in [5.41, 5.74) is 9.26.